The lowest BCUT2D eigenvalue weighted by Gasteiger charge is -2.29. The van der Waals surface area contributed by atoms with Gasteiger partial charge in [0.1, 0.15) is 13.2 Å². The first-order valence-corrected chi connectivity index (χ1v) is 29.3. The van der Waals surface area contributed by atoms with Crippen molar-refractivity contribution in [3.63, 3.8) is 0 Å². The molecule has 67 heavy (non-hydrogen) atoms. The number of likely N-dealkylation sites (N-methyl/N-ethyl adjacent to an activating group) is 1. The van der Waals surface area contributed by atoms with Crippen molar-refractivity contribution in [1.82, 2.24) is 5.32 Å². The minimum Gasteiger partial charge on any atom is -0.756 e. The maximum atomic E-state index is 12.9. The Bertz CT molecular complexity index is 1320. The lowest BCUT2D eigenvalue weighted by molar-refractivity contribution is -0.870. The first-order chi connectivity index (χ1) is 32.5. The molecule has 0 aliphatic carbocycles. The number of nitrogens with one attached hydrogen (secondary N) is 1. The number of hydrogen-bond donors (Lipinski definition) is 2. The van der Waals surface area contributed by atoms with Crippen molar-refractivity contribution < 1.29 is 32.9 Å². The van der Waals surface area contributed by atoms with Crippen molar-refractivity contribution in [2.24, 2.45) is 0 Å². The maximum absolute atomic E-state index is 12.9. The molecule has 0 spiro atoms. The van der Waals surface area contributed by atoms with E-state index in [0.717, 1.165) is 77.0 Å². The first-order valence-electron chi connectivity index (χ1n) is 27.8. The summed E-state index contributed by atoms with van der Waals surface area (Å²) in [5, 5.41) is 13.9. The predicted molar refractivity (Wildman–Crippen MR) is 288 cm³/mol. The van der Waals surface area contributed by atoms with E-state index >= 15 is 0 Å². The summed E-state index contributed by atoms with van der Waals surface area (Å²) in [6, 6.07) is -0.912. The summed E-state index contributed by atoms with van der Waals surface area (Å²) in [5.41, 5.74) is 0. The van der Waals surface area contributed by atoms with Gasteiger partial charge in [-0.15, -0.1) is 0 Å². The fraction of sp³-hybridized carbons (Fsp3) is 0.776. The van der Waals surface area contributed by atoms with Gasteiger partial charge in [-0.05, 0) is 70.6 Å². The molecule has 2 N–H and O–H groups in total. The molecule has 1 amide bonds. The van der Waals surface area contributed by atoms with Crippen LogP contribution in [0.5, 0.6) is 0 Å². The van der Waals surface area contributed by atoms with Gasteiger partial charge in [-0.3, -0.25) is 9.36 Å². The molecule has 0 aromatic carbocycles. The molecule has 3 atom stereocenters. The van der Waals surface area contributed by atoms with E-state index in [-0.39, 0.29) is 12.5 Å². The van der Waals surface area contributed by atoms with Crippen molar-refractivity contribution in [2.45, 2.75) is 251 Å². The Morgan fingerprint density at radius 2 is 0.925 bits per heavy atom. The molecule has 0 saturated carbocycles. The van der Waals surface area contributed by atoms with Crippen molar-refractivity contribution in [3.8, 4) is 0 Å². The normalized spacial score (nSPS) is 14.6. The van der Waals surface area contributed by atoms with E-state index in [9.17, 15) is 19.4 Å². The van der Waals surface area contributed by atoms with Crippen LogP contribution >= 0.6 is 7.82 Å². The highest BCUT2D eigenvalue weighted by molar-refractivity contribution is 7.45. The van der Waals surface area contributed by atoms with Gasteiger partial charge in [0.15, 0.2) is 0 Å². The van der Waals surface area contributed by atoms with Gasteiger partial charge in [0.25, 0.3) is 7.82 Å². The third-order valence-electron chi connectivity index (χ3n) is 12.2. The van der Waals surface area contributed by atoms with Gasteiger partial charge in [-0.25, -0.2) is 0 Å². The summed E-state index contributed by atoms with van der Waals surface area (Å²) in [7, 11) is 1.23. The first kappa shape index (κ1) is 64.9. The number of hydrogen-bond acceptors (Lipinski definition) is 6. The largest absolute Gasteiger partial charge is 0.756 e. The molecule has 0 radical (unpaired) electrons. The van der Waals surface area contributed by atoms with Gasteiger partial charge in [0, 0.05) is 6.42 Å². The highest BCUT2D eigenvalue weighted by Gasteiger charge is 2.23. The van der Waals surface area contributed by atoms with Crippen LogP contribution in [0.3, 0.4) is 0 Å². The molecule has 0 aromatic heterocycles. The van der Waals surface area contributed by atoms with Crippen LogP contribution in [0, 0.1) is 0 Å². The Labute approximate surface area is 414 Å². The minimum atomic E-state index is -4.61. The monoisotopic (exact) mass is 959 g/mol. The zero-order chi connectivity index (χ0) is 49.2. The van der Waals surface area contributed by atoms with Gasteiger partial charge >= 0.3 is 0 Å². The van der Waals surface area contributed by atoms with Gasteiger partial charge in [-0.1, -0.05) is 234 Å². The smallest absolute Gasteiger partial charge is 0.268 e. The Kier molecular flexibility index (Phi) is 47.4. The quantitative estimate of drug-likeness (QED) is 0.0272. The van der Waals surface area contributed by atoms with Gasteiger partial charge in [0.05, 0.1) is 39.9 Å². The second-order valence-electron chi connectivity index (χ2n) is 19.9. The summed E-state index contributed by atoms with van der Waals surface area (Å²) in [4.78, 5) is 25.5. The number of allylic oxidation sites excluding steroid dienone is 11. The van der Waals surface area contributed by atoms with Gasteiger partial charge in [-0.2, -0.15) is 0 Å². The summed E-state index contributed by atoms with van der Waals surface area (Å²) < 4.78 is 23.3. The third-order valence-corrected chi connectivity index (χ3v) is 13.1. The highest BCUT2D eigenvalue weighted by atomic mass is 31.2. The van der Waals surface area contributed by atoms with E-state index < -0.39 is 26.6 Å². The maximum Gasteiger partial charge on any atom is 0.268 e. The average Bonchev–Trinajstić information content (AvgIpc) is 3.29. The summed E-state index contributed by atoms with van der Waals surface area (Å²) in [6.07, 6.45) is 66.9. The molecule has 0 aliphatic heterocycles. The zero-order valence-electron chi connectivity index (χ0n) is 44.3. The number of quaternary nitrogens is 1. The van der Waals surface area contributed by atoms with Gasteiger partial charge in [0.2, 0.25) is 5.91 Å². The van der Waals surface area contributed by atoms with Crippen molar-refractivity contribution >= 4 is 13.7 Å². The number of aliphatic hydroxyl groups excluding tert-OH is 1. The van der Waals surface area contributed by atoms with Crippen molar-refractivity contribution in [2.75, 3.05) is 40.9 Å². The molecule has 0 fully saturated rings. The number of unbranched alkanes of at least 4 members (excludes halogenated alkanes) is 27. The highest BCUT2D eigenvalue weighted by Crippen LogP contribution is 2.38. The number of carbonyl (C=O) groups is 1. The van der Waals surface area contributed by atoms with Crippen LogP contribution in [0.1, 0.15) is 239 Å². The summed E-state index contributed by atoms with van der Waals surface area (Å²) >= 11 is 0. The van der Waals surface area contributed by atoms with Crippen LogP contribution < -0.4 is 10.2 Å². The van der Waals surface area contributed by atoms with Crippen LogP contribution in [-0.2, 0) is 18.4 Å². The Hall–Kier alpha value is -2.06. The number of amides is 1. The molecule has 0 saturated heterocycles. The summed E-state index contributed by atoms with van der Waals surface area (Å²) in [6.45, 7) is 4.52. The molecule has 390 valence electrons. The number of phosphoric acid groups is 1. The number of rotatable bonds is 50. The van der Waals surface area contributed by atoms with E-state index in [1.54, 1.807) is 6.08 Å². The molecule has 9 heteroatoms. The molecule has 8 nitrogen and oxygen atoms in total. The van der Waals surface area contributed by atoms with E-state index in [2.05, 4.69) is 79.9 Å². The fourth-order valence-electron chi connectivity index (χ4n) is 7.81. The van der Waals surface area contributed by atoms with Crippen LogP contribution in [0.4, 0.5) is 0 Å². The zero-order valence-corrected chi connectivity index (χ0v) is 45.2. The molecular weight excluding hydrogens is 852 g/mol. The summed E-state index contributed by atoms with van der Waals surface area (Å²) in [5.74, 6) is -0.217. The van der Waals surface area contributed by atoms with Crippen LogP contribution in [0.25, 0.3) is 0 Å². The van der Waals surface area contributed by atoms with Crippen LogP contribution in [0.15, 0.2) is 72.9 Å². The van der Waals surface area contributed by atoms with Crippen LogP contribution in [-0.4, -0.2) is 68.5 Å². The molecule has 3 unspecified atom stereocenters. The standard InChI is InChI=1S/C58H107N2O6P/c1-6-8-10-12-14-16-18-20-22-24-26-28-29-30-32-33-35-37-39-41-43-45-47-49-51-57(61)56(55-66-67(63,64)65-54-53-60(3,4)5)59-58(62)52-50-48-46-44-42-40-38-36-34-31-27-25-23-21-19-17-15-13-11-9-7-2/h9,11,15,17,21,23,27,31,41,43,49,51,56-57,61H,6-8,10,12-14,16,18-20,22,24-26,28-30,32-40,42,44-48,50,52-55H2,1-5H3,(H-,59,62,63,64)/b11-9-,17-15-,23-21-,31-27-,43-41+,51-49+. The number of carbonyl (C=O) groups excluding carboxylic acids is 1. The Balaban J connectivity index is 4.31. The molecule has 0 aliphatic rings. The second-order valence-corrected chi connectivity index (χ2v) is 21.3. The molecule has 0 aromatic rings. The molecule has 0 bridgehead atoms. The average molecular weight is 959 g/mol. The van der Waals surface area contributed by atoms with Crippen LogP contribution in [0.2, 0.25) is 0 Å². The topological polar surface area (TPSA) is 108 Å². The molecule has 0 heterocycles. The lowest BCUT2D eigenvalue weighted by atomic mass is 10.0. The van der Waals surface area contributed by atoms with E-state index in [0.29, 0.717) is 17.4 Å². The molecular formula is C58H107N2O6P. The molecule has 0 rings (SSSR count). The SMILES string of the molecule is CC/C=C\C/C=C\C/C=C\C/C=C\CCCCCCCCCCC(=O)NC(COP(=O)([O-])OCC[N+](C)(C)C)C(O)/C=C/CC/C=C/CCCCCCCCCCCCCCCCCCCC. The number of aliphatic hydroxyl groups is 1. The van der Waals surface area contributed by atoms with E-state index in [1.165, 1.54) is 141 Å². The Morgan fingerprint density at radius 3 is 1.39 bits per heavy atom. The van der Waals surface area contributed by atoms with E-state index in [4.69, 9.17) is 9.05 Å². The lowest BCUT2D eigenvalue weighted by Crippen LogP contribution is -2.45. The van der Waals surface area contributed by atoms with Gasteiger partial charge < -0.3 is 28.8 Å². The fourth-order valence-corrected chi connectivity index (χ4v) is 8.53. The van der Waals surface area contributed by atoms with Crippen molar-refractivity contribution in [1.29, 1.82) is 0 Å². The van der Waals surface area contributed by atoms with E-state index in [1.807, 2.05) is 27.2 Å². The third kappa shape index (κ3) is 51.6. The van der Waals surface area contributed by atoms with Crippen molar-refractivity contribution in [3.05, 3.63) is 72.9 Å². The minimum absolute atomic E-state index is 0.0111. The predicted octanol–water partition coefficient (Wildman–Crippen LogP) is 16.1. The second kappa shape index (κ2) is 48.9. The number of phosphoric ester groups is 1. The number of nitrogens with zero attached hydrogens (tertiary/aromatic N) is 1. The Morgan fingerprint density at radius 1 is 0.537 bits per heavy atom.